The van der Waals surface area contributed by atoms with Crippen LogP contribution < -0.4 is 10.7 Å². The number of aromatic hydroxyl groups is 1. The van der Waals surface area contributed by atoms with Gasteiger partial charge in [0.25, 0.3) is 11.8 Å². The number of carbonyl (C=O) groups is 3. The van der Waals surface area contributed by atoms with Crippen LogP contribution in [0.15, 0.2) is 29.2 Å². The maximum Gasteiger partial charge on any atom is 0.306 e. The van der Waals surface area contributed by atoms with E-state index >= 15 is 0 Å². The van der Waals surface area contributed by atoms with Crippen LogP contribution in [0.3, 0.4) is 0 Å². The number of aliphatic carboxylic acids is 1. The number of carboxylic acids is 1. The molecule has 1 aliphatic heterocycles. The molecule has 1 spiro atoms. The number of nitrogens with one attached hydrogen (secondary N) is 1. The van der Waals surface area contributed by atoms with Gasteiger partial charge in [0.05, 0.1) is 16.5 Å². The van der Waals surface area contributed by atoms with Crippen molar-refractivity contribution in [1.29, 1.82) is 0 Å². The van der Waals surface area contributed by atoms with E-state index in [4.69, 9.17) is 11.6 Å². The fourth-order valence-corrected chi connectivity index (χ4v) is 4.62. The number of likely N-dealkylation sites (N-methyl/N-ethyl adjacent to an activating group) is 1. The van der Waals surface area contributed by atoms with Gasteiger partial charge in [-0.2, -0.15) is 0 Å². The summed E-state index contributed by atoms with van der Waals surface area (Å²) in [4.78, 5) is 50.7. The maximum absolute atomic E-state index is 14.1. The molecule has 0 radical (unpaired) electrons. The lowest BCUT2D eigenvalue weighted by atomic mass is 9.66. The molecule has 0 saturated heterocycles. The third-order valence-corrected chi connectivity index (χ3v) is 6.38. The zero-order valence-electron chi connectivity index (χ0n) is 16.9. The Balaban J connectivity index is 1.71. The minimum atomic E-state index is -1.05. The number of benzene rings is 1. The molecule has 2 amide bonds. The van der Waals surface area contributed by atoms with Gasteiger partial charge < -0.3 is 25.0 Å². The van der Waals surface area contributed by atoms with Gasteiger partial charge in [-0.25, -0.2) is 4.39 Å². The molecule has 9 nitrogen and oxygen atoms in total. The van der Waals surface area contributed by atoms with Crippen LogP contribution in [-0.4, -0.2) is 51.1 Å². The van der Waals surface area contributed by atoms with E-state index in [-0.39, 0.29) is 42.2 Å². The third kappa shape index (κ3) is 3.31. The van der Waals surface area contributed by atoms with Crippen molar-refractivity contribution in [3.63, 3.8) is 0 Å². The lowest BCUT2D eigenvalue weighted by Crippen LogP contribution is -2.60. The molecule has 0 unspecified atom stereocenters. The predicted molar refractivity (Wildman–Crippen MR) is 110 cm³/mol. The smallest absolute Gasteiger partial charge is 0.306 e. The second-order valence-corrected chi connectivity index (χ2v) is 8.57. The summed E-state index contributed by atoms with van der Waals surface area (Å²) in [6.07, 6.45) is 1.51. The van der Waals surface area contributed by atoms with Gasteiger partial charge in [-0.3, -0.25) is 19.2 Å². The Morgan fingerprint density at radius 2 is 2.00 bits per heavy atom. The Morgan fingerprint density at radius 3 is 2.66 bits per heavy atom. The van der Waals surface area contributed by atoms with Crippen LogP contribution in [0.2, 0.25) is 5.02 Å². The summed E-state index contributed by atoms with van der Waals surface area (Å²) in [6.45, 7) is -0.0964. The van der Waals surface area contributed by atoms with E-state index in [1.54, 1.807) is 0 Å². The van der Waals surface area contributed by atoms with Crippen LogP contribution in [-0.2, 0) is 16.9 Å². The monoisotopic (exact) mass is 463 g/mol. The van der Waals surface area contributed by atoms with E-state index in [1.807, 2.05) is 0 Å². The van der Waals surface area contributed by atoms with Gasteiger partial charge in [-0.15, -0.1) is 0 Å². The molecule has 2 heterocycles. The minimum Gasteiger partial charge on any atom is -0.503 e. The number of amides is 2. The van der Waals surface area contributed by atoms with Gasteiger partial charge in [0.2, 0.25) is 5.43 Å². The van der Waals surface area contributed by atoms with Crippen LogP contribution in [0.4, 0.5) is 4.39 Å². The first-order valence-electron chi connectivity index (χ1n) is 9.74. The molecule has 168 valence electrons. The Kier molecular flexibility index (Phi) is 5.20. The predicted octanol–water partition coefficient (Wildman–Crippen LogP) is 1.55. The summed E-state index contributed by atoms with van der Waals surface area (Å²) in [5, 5.41) is 22.1. The van der Waals surface area contributed by atoms with Gasteiger partial charge in [-0.05, 0) is 18.9 Å². The van der Waals surface area contributed by atoms with Gasteiger partial charge in [-0.1, -0.05) is 23.7 Å². The molecule has 3 N–H and O–H groups in total. The molecule has 32 heavy (non-hydrogen) atoms. The third-order valence-electron chi connectivity index (χ3n) is 6.09. The van der Waals surface area contributed by atoms with E-state index < -0.39 is 51.8 Å². The number of hydrogen-bond donors (Lipinski definition) is 3. The summed E-state index contributed by atoms with van der Waals surface area (Å²) < 4.78 is 15.4. The van der Waals surface area contributed by atoms with Crippen molar-refractivity contribution in [2.75, 3.05) is 13.6 Å². The van der Waals surface area contributed by atoms with Crippen LogP contribution in [0, 0.1) is 11.7 Å². The Morgan fingerprint density at radius 1 is 1.31 bits per heavy atom. The molecule has 1 aromatic carbocycles. The van der Waals surface area contributed by atoms with Crippen LogP contribution in [0.25, 0.3) is 0 Å². The number of pyridine rings is 1. The maximum atomic E-state index is 14.1. The molecule has 1 aromatic heterocycles. The van der Waals surface area contributed by atoms with Crippen molar-refractivity contribution in [2.45, 2.75) is 24.9 Å². The Hall–Kier alpha value is -3.40. The van der Waals surface area contributed by atoms with Gasteiger partial charge in [0.15, 0.2) is 11.4 Å². The largest absolute Gasteiger partial charge is 0.503 e. The summed E-state index contributed by atoms with van der Waals surface area (Å²) in [7, 11) is 1.49. The van der Waals surface area contributed by atoms with Crippen LogP contribution in [0.5, 0.6) is 5.75 Å². The zero-order valence-corrected chi connectivity index (χ0v) is 17.6. The first kappa shape index (κ1) is 21.8. The first-order valence-corrected chi connectivity index (χ1v) is 10.1. The second kappa shape index (κ2) is 7.63. The molecular formula is C21H19ClFN3O6. The van der Waals surface area contributed by atoms with Gasteiger partial charge in [0.1, 0.15) is 11.4 Å². The van der Waals surface area contributed by atoms with Crippen LogP contribution in [0.1, 0.15) is 39.3 Å². The summed E-state index contributed by atoms with van der Waals surface area (Å²) in [5.74, 6) is -4.72. The van der Waals surface area contributed by atoms with Crippen molar-refractivity contribution < 1.29 is 29.0 Å². The number of nitrogens with zero attached hydrogens (tertiary/aromatic N) is 2. The number of hydrogen-bond acceptors (Lipinski definition) is 5. The molecule has 2 aliphatic rings. The fourth-order valence-electron chi connectivity index (χ4n) is 4.43. The van der Waals surface area contributed by atoms with Crippen molar-refractivity contribution in [2.24, 2.45) is 5.92 Å². The number of fused-ring (bicyclic) bond motifs is 2. The topological polar surface area (TPSA) is 129 Å². The van der Waals surface area contributed by atoms with E-state index in [0.717, 1.165) is 0 Å². The molecule has 4 rings (SSSR count). The van der Waals surface area contributed by atoms with E-state index in [1.165, 1.54) is 40.9 Å². The Bertz CT molecular complexity index is 1220. The number of halogens is 2. The highest BCUT2D eigenvalue weighted by atomic mass is 35.5. The van der Waals surface area contributed by atoms with Crippen molar-refractivity contribution >= 4 is 29.4 Å². The number of carbonyl (C=O) groups excluding carboxylic acids is 2. The number of rotatable bonds is 4. The first-order chi connectivity index (χ1) is 15.1. The molecule has 11 heteroatoms. The lowest BCUT2D eigenvalue weighted by molar-refractivity contribution is -0.150. The van der Waals surface area contributed by atoms with E-state index in [9.17, 15) is 33.8 Å². The van der Waals surface area contributed by atoms with Gasteiger partial charge >= 0.3 is 5.97 Å². The zero-order chi connectivity index (χ0) is 23.4. The molecule has 1 aliphatic carbocycles. The SMILES string of the molecule is CN1CC2(CC(C(=O)O)C2)n2cc(C(=O)NCc3cccc(Cl)c3F)c(=O)c(O)c2C1=O. The second-order valence-electron chi connectivity index (χ2n) is 8.16. The highest BCUT2D eigenvalue weighted by molar-refractivity contribution is 6.30. The standard InChI is InChI=1S/C21H19ClFN3O6/c1-25-9-21(5-11(6-21)20(31)32)26-8-12(16(27)17(28)15(26)19(25)30)18(29)24-7-10-3-2-4-13(22)14(10)23/h2-4,8,11,28H,5-7,9H2,1H3,(H,24,29)(H,31,32). The highest BCUT2D eigenvalue weighted by Gasteiger charge is 2.54. The highest BCUT2D eigenvalue weighted by Crippen LogP contribution is 2.48. The molecular weight excluding hydrogens is 445 g/mol. The van der Waals surface area contributed by atoms with E-state index in [0.29, 0.717) is 0 Å². The number of carboxylic acid groups (broad SMARTS) is 1. The lowest BCUT2D eigenvalue weighted by Gasteiger charge is -2.52. The molecule has 1 fully saturated rings. The van der Waals surface area contributed by atoms with Gasteiger partial charge in [0, 0.05) is 31.9 Å². The van der Waals surface area contributed by atoms with Crippen molar-refractivity contribution in [3.05, 3.63) is 62.3 Å². The van der Waals surface area contributed by atoms with E-state index in [2.05, 4.69) is 5.32 Å². The number of aromatic nitrogens is 1. The minimum absolute atomic E-state index is 0.102. The van der Waals surface area contributed by atoms with Crippen molar-refractivity contribution in [1.82, 2.24) is 14.8 Å². The summed E-state index contributed by atoms with van der Waals surface area (Å²) in [5.41, 5.74) is -2.53. The van der Waals surface area contributed by atoms with Crippen molar-refractivity contribution in [3.8, 4) is 5.75 Å². The average Bonchev–Trinajstić information content (AvgIpc) is 2.71. The quantitative estimate of drug-likeness (QED) is 0.631. The molecule has 0 bridgehead atoms. The van der Waals surface area contributed by atoms with Crippen LogP contribution >= 0.6 is 11.6 Å². The normalized spacial score (nSPS) is 21.8. The fraction of sp³-hybridized carbons (Fsp3) is 0.333. The molecule has 1 saturated carbocycles. The average molecular weight is 464 g/mol. The summed E-state index contributed by atoms with van der Waals surface area (Å²) >= 11 is 5.73. The Labute approximate surface area is 186 Å². The molecule has 2 aromatic rings. The summed E-state index contributed by atoms with van der Waals surface area (Å²) in [6, 6.07) is 4.28. The molecule has 0 atom stereocenters.